The first-order valence-corrected chi connectivity index (χ1v) is 12.4. The van der Waals surface area contributed by atoms with Crippen LogP contribution < -0.4 is 10.1 Å². The zero-order valence-corrected chi connectivity index (χ0v) is 20.9. The van der Waals surface area contributed by atoms with Crippen LogP contribution in [-0.2, 0) is 9.59 Å². The van der Waals surface area contributed by atoms with Crippen molar-refractivity contribution in [2.45, 2.75) is 64.6 Å². The van der Waals surface area contributed by atoms with Crippen molar-refractivity contribution >= 4 is 17.7 Å². The number of rotatable bonds is 6. The number of likely N-dealkylation sites (tertiary alicyclic amines) is 1. The minimum Gasteiger partial charge on any atom is -0.497 e. The van der Waals surface area contributed by atoms with Gasteiger partial charge in [-0.1, -0.05) is 26.8 Å². The highest BCUT2D eigenvalue weighted by Gasteiger charge is 2.48. The van der Waals surface area contributed by atoms with Crippen LogP contribution in [0.5, 0.6) is 5.75 Å². The molecule has 2 atom stereocenters. The molecule has 3 fully saturated rings. The molecule has 1 aromatic carbocycles. The van der Waals surface area contributed by atoms with E-state index >= 15 is 0 Å². The van der Waals surface area contributed by atoms with Crippen LogP contribution in [0, 0.1) is 5.41 Å². The van der Waals surface area contributed by atoms with Crippen LogP contribution in [0.15, 0.2) is 24.3 Å². The fourth-order valence-corrected chi connectivity index (χ4v) is 5.09. The van der Waals surface area contributed by atoms with Gasteiger partial charge in [0.1, 0.15) is 11.8 Å². The van der Waals surface area contributed by atoms with Gasteiger partial charge < -0.3 is 24.8 Å². The van der Waals surface area contributed by atoms with Crippen LogP contribution in [0.25, 0.3) is 0 Å². The molecule has 1 aromatic rings. The second kappa shape index (κ2) is 9.94. The zero-order valence-electron chi connectivity index (χ0n) is 20.9. The fraction of sp³-hybridized carbons (Fsp3) is 0.654. The summed E-state index contributed by atoms with van der Waals surface area (Å²) in [5.41, 5.74) is 0.381. The average molecular weight is 471 g/mol. The lowest BCUT2D eigenvalue weighted by Crippen LogP contribution is -2.53. The smallest absolute Gasteiger partial charge is 0.254 e. The van der Waals surface area contributed by atoms with Crippen molar-refractivity contribution < 1.29 is 19.1 Å². The van der Waals surface area contributed by atoms with E-state index in [0.29, 0.717) is 43.8 Å². The SMILES string of the molecule is COc1cccc(C(=O)N2CC(N(C(=O)CC(C)(C)C)C3CC3)CC2C(=O)N2CCNCC2)c1. The highest BCUT2D eigenvalue weighted by Crippen LogP contribution is 2.36. The minimum absolute atomic E-state index is 0.0146. The van der Waals surface area contributed by atoms with Gasteiger partial charge in [-0.3, -0.25) is 14.4 Å². The van der Waals surface area contributed by atoms with Crippen molar-refractivity contribution in [3.05, 3.63) is 29.8 Å². The molecule has 1 saturated carbocycles. The molecular formula is C26H38N4O4. The second-order valence-corrected chi connectivity index (χ2v) is 10.9. The first-order chi connectivity index (χ1) is 16.2. The highest BCUT2D eigenvalue weighted by atomic mass is 16.5. The zero-order chi connectivity index (χ0) is 24.5. The van der Waals surface area contributed by atoms with Crippen LogP contribution >= 0.6 is 0 Å². The molecule has 2 aliphatic heterocycles. The quantitative estimate of drug-likeness (QED) is 0.689. The Morgan fingerprint density at radius 3 is 2.44 bits per heavy atom. The summed E-state index contributed by atoms with van der Waals surface area (Å²) in [6.45, 7) is 9.37. The van der Waals surface area contributed by atoms with E-state index in [1.54, 1.807) is 36.3 Å². The summed E-state index contributed by atoms with van der Waals surface area (Å²) >= 11 is 0. The van der Waals surface area contributed by atoms with Crippen molar-refractivity contribution in [1.29, 1.82) is 0 Å². The predicted molar refractivity (Wildman–Crippen MR) is 130 cm³/mol. The lowest BCUT2D eigenvalue weighted by atomic mass is 9.91. The van der Waals surface area contributed by atoms with E-state index in [-0.39, 0.29) is 35.2 Å². The molecular weight excluding hydrogens is 432 g/mol. The van der Waals surface area contributed by atoms with E-state index in [0.717, 1.165) is 25.9 Å². The lowest BCUT2D eigenvalue weighted by Gasteiger charge is -2.32. The summed E-state index contributed by atoms with van der Waals surface area (Å²) in [5, 5.41) is 3.28. The van der Waals surface area contributed by atoms with E-state index in [1.807, 2.05) is 9.80 Å². The molecule has 2 saturated heterocycles. The molecule has 8 heteroatoms. The van der Waals surface area contributed by atoms with Gasteiger partial charge in [-0.15, -0.1) is 0 Å². The molecule has 0 bridgehead atoms. The van der Waals surface area contributed by atoms with E-state index in [1.165, 1.54) is 0 Å². The Morgan fingerprint density at radius 2 is 1.82 bits per heavy atom. The number of carbonyl (C=O) groups excluding carboxylic acids is 3. The molecule has 34 heavy (non-hydrogen) atoms. The third-order valence-electron chi connectivity index (χ3n) is 6.87. The molecule has 4 rings (SSSR count). The van der Waals surface area contributed by atoms with Gasteiger partial charge in [0.15, 0.2) is 0 Å². The van der Waals surface area contributed by atoms with E-state index in [2.05, 4.69) is 26.1 Å². The van der Waals surface area contributed by atoms with Gasteiger partial charge >= 0.3 is 0 Å². The number of benzene rings is 1. The van der Waals surface area contributed by atoms with Crippen LogP contribution in [0.1, 0.15) is 56.8 Å². The van der Waals surface area contributed by atoms with E-state index in [4.69, 9.17) is 4.74 Å². The first-order valence-electron chi connectivity index (χ1n) is 12.4. The van der Waals surface area contributed by atoms with Gasteiger partial charge in [-0.2, -0.15) is 0 Å². The lowest BCUT2D eigenvalue weighted by molar-refractivity contribution is -0.137. The molecule has 0 aromatic heterocycles. The summed E-state index contributed by atoms with van der Waals surface area (Å²) in [7, 11) is 1.57. The Hall–Kier alpha value is -2.61. The summed E-state index contributed by atoms with van der Waals surface area (Å²) in [5.74, 6) is 0.531. The van der Waals surface area contributed by atoms with Gasteiger partial charge in [0.2, 0.25) is 11.8 Å². The molecule has 2 heterocycles. The van der Waals surface area contributed by atoms with E-state index in [9.17, 15) is 14.4 Å². The Balaban J connectivity index is 1.61. The third kappa shape index (κ3) is 5.54. The summed E-state index contributed by atoms with van der Waals surface area (Å²) in [6, 6.07) is 6.57. The molecule has 3 aliphatic rings. The molecule has 0 spiro atoms. The van der Waals surface area contributed by atoms with Crippen molar-refractivity contribution in [3.63, 3.8) is 0 Å². The number of amides is 3. The Morgan fingerprint density at radius 1 is 1.12 bits per heavy atom. The number of hydrogen-bond donors (Lipinski definition) is 1. The van der Waals surface area contributed by atoms with Crippen molar-refractivity contribution in [2.75, 3.05) is 39.8 Å². The van der Waals surface area contributed by atoms with E-state index < -0.39 is 6.04 Å². The molecule has 1 N–H and O–H groups in total. The normalized spacial score (nSPS) is 23.1. The molecule has 186 valence electrons. The van der Waals surface area contributed by atoms with Gasteiger partial charge in [0.25, 0.3) is 5.91 Å². The standard InChI is InChI=1S/C26H38N4O4/c1-26(2,3)16-23(31)30(19-8-9-19)20-15-22(25(33)28-12-10-27-11-13-28)29(17-20)24(32)18-6-5-7-21(14-18)34-4/h5-7,14,19-20,22,27H,8-13,15-17H2,1-4H3. The molecule has 2 unspecified atom stereocenters. The average Bonchev–Trinajstić information content (AvgIpc) is 3.55. The number of nitrogens with zero attached hydrogens (tertiary/aromatic N) is 3. The maximum absolute atomic E-state index is 13.6. The Labute approximate surface area is 202 Å². The monoisotopic (exact) mass is 470 g/mol. The maximum atomic E-state index is 13.6. The predicted octanol–water partition coefficient (Wildman–Crippen LogP) is 2.14. The van der Waals surface area contributed by atoms with Crippen LogP contribution in [0.2, 0.25) is 0 Å². The Kier molecular flexibility index (Phi) is 7.17. The number of nitrogens with one attached hydrogen (secondary N) is 1. The highest BCUT2D eigenvalue weighted by molar-refractivity contribution is 5.98. The minimum atomic E-state index is -0.564. The fourth-order valence-electron chi connectivity index (χ4n) is 5.09. The number of hydrogen-bond acceptors (Lipinski definition) is 5. The third-order valence-corrected chi connectivity index (χ3v) is 6.87. The van der Waals surface area contributed by atoms with Crippen molar-refractivity contribution in [1.82, 2.24) is 20.0 Å². The first kappa shape index (κ1) is 24.5. The largest absolute Gasteiger partial charge is 0.497 e. The number of ether oxygens (including phenoxy) is 1. The van der Waals surface area contributed by atoms with Gasteiger partial charge in [-0.05, 0) is 42.9 Å². The summed E-state index contributed by atoms with van der Waals surface area (Å²) in [6.07, 6.45) is 2.93. The second-order valence-electron chi connectivity index (χ2n) is 10.9. The molecule has 8 nitrogen and oxygen atoms in total. The number of carbonyl (C=O) groups is 3. The van der Waals surface area contributed by atoms with Gasteiger partial charge in [0, 0.05) is 50.7 Å². The summed E-state index contributed by atoms with van der Waals surface area (Å²) < 4.78 is 5.31. The van der Waals surface area contributed by atoms with Gasteiger partial charge in [0.05, 0.1) is 13.2 Å². The molecule has 3 amide bonds. The van der Waals surface area contributed by atoms with Crippen LogP contribution in [-0.4, -0.2) is 90.4 Å². The maximum Gasteiger partial charge on any atom is 0.254 e. The molecule has 1 aliphatic carbocycles. The number of methoxy groups -OCH3 is 1. The topological polar surface area (TPSA) is 82.2 Å². The summed E-state index contributed by atoms with van der Waals surface area (Å²) in [4.78, 5) is 46.1. The molecule has 0 radical (unpaired) electrons. The number of piperazine rings is 1. The van der Waals surface area contributed by atoms with Crippen LogP contribution in [0.4, 0.5) is 0 Å². The van der Waals surface area contributed by atoms with Crippen molar-refractivity contribution in [2.24, 2.45) is 5.41 Å². The van der Waals surface area contributed by atoms with Gasteiger partial charge in [-0.25, -0.2) is 0 Å². The van der Waals surface area contributed by atoms with Crippen LogP contribution in [0.3, 0.4) is 0 Å². The Bertz CT molecular complexity index is 918. The van der Waals surface area contributed by atoms with Crippen molar-refractivity contribution in [3.8, 4) is 5.75 Å².